The van der Waals surface area contributed by atoms with Crippen molar-refractivity contribution in [1.82, 2.24) is 0 Å². The third-order valence-corrected chi connectivity index (χ3v) is 3.94. The maximum absolute atomic E-state index is 8.91. The molecule has 0 aliphatic rings. The molecule has 2 rings (SSSR count). The van der Waals surface area contributed by atoms with Gasteiger partial charge in [0.25, 0.3) is 0 Å². The van der Waals surface area contributed by atoms with Crippen LogP contribution >= 0.6 is 22.9 Å². The molecule has 0 saturated carbocycles. The van der Waals surface area contributed by atoms with E-state index in [0.29, 0.717) is 5.56 Å². The SMILES string of the molecule is Cc1ccc(C#N)cc1NC(C)c1csc(Cl)c1. The van der Waals surface area contributed by atoms with Crippen molar-refractivity contribution < 1.29 is 0 Å². The van der Waals surface area contributed by atoms with Crippen LogP contribution in [0.1, 0.15) is 29.7 Å². The van der Waals surface area contributed by atoms with E-state index in [-0.39, 0.29) is 6.04 Å². The second-order valence-electron chi connectivity index (χ2n) is 4.19. The number of benzene rings is 1. The first-order valence-electron chi connectivity index (χ1n) is 5.61. The summed E-state index contributed by atoms with van der Waals surface area (Å²) in [6.45, 7) is 4.10. The van der Waals surface area contributed by atoms with Crippen LogP contribution in [0.15, 0.2) is 29.6 Å². The number of nitrogens with one attached hydrogen (secondary N) is 1. The summed E-state index contributed by atoms with van der Waals surface area (Å²) in [5.74, 6) is 0. The number of nitrogens with zero attached hydrogens (tertiary/aromatic N) is 1. The van der Waals surface area contributed by atoms with Crippen LogP contribution in [0.3, 0.4) is 0 Å². The quantitative estimate of drug-likeness (QED) is 0.878. The molecular formula is C14H13ClN2S. The number of aryl methyl sites for hydroxylation is 1. The maximum atomic E-state index is 8.91. The van der Waals surface area contributed by atoms with Gasteiger partial charge in [0.2, 0.25) is 0 Å². The summed E-state index contributed by atoms with van der Waals surface area (Å²) in [6.07, 6.45) is 0. The molecule has 0 radical (unpaired) electrons. The number of thiophene rings is 1. The van der Waals surface area contributed by atoms with Gasteiger partial charge in [-0.25, -0.2) is 0 Å². The maximum Gasteiger partial charge on any atom is 0.0992 e. The minimum atomic E-state index is 0.168. The smallest absolute Gasteiger partial charge is 0.0992 e. The minimum absolute atomic E-state index is 0.168. The van der Waals surface area contributed by atoms with Gasteiger partial charge >= 0.3 is 0 Å². The molecule has 92 valence electrons. The van der Waals surface area contributed by atoms with Crippen LogP contribution < -0.4 is 5.32 Å². The van der Waals surface area contributed by atoms with E-state index in [4.69, 9.17) is 16.9 Å². The lowest BCUT2D eigenvalue weighted by atomic mass is 10.1. The van der Waals surface area contributed by atoms with Gasteiger partial charge in [-0.15, -0.1) is 11.3 Å². The number of hydrogen-bond acceptors (Lipinski definition) is 3. The molecule has 0 saturated heterocycles. The highest BCUT2D eigenvalue weighted by atomic mass is 35.5. The average Bonchev–Trinajstić information content (AvgIpc) is 2.79. The second kappa shape index (κ2) is 5.43. The molecule has 4 heteroatoms. The Morgan fingerprint density at radius 3 is 2.78 bits per heavy atom. The molecule has 1 aromatic carbocycles. The Hall–Kier alpha value is -1.50. The first-order valence-corrected chi connectivity index (χ1v) is 6.87. The van der Waals surface area contributed by atoms with E-state index in [1.807, 2.05) is 36.6 Å². The fourth-order valence-electron chi connectivity index (χ4n) is 1.71. The summed E-state index contributed by atoms with van der Waals surface area (Å²) in [5.41, 5.74) is 3.94. The van der Waals surface area contributed by atoms with Gasteiger partial charge < -0.3 is 5.32 Å². The minimum Gasteiger partial charge on any atom is -0.378 e. The monoisotopic (exact) mass is 276 g/mol. The van der Waals surface area contributed by atoms with Crippen molar-refractivity contribution in [2.75, 3.05) is 5.32 Å². The zero-order chi connectivity index (χ0) is 13.1. The Labute approximate surface area is 116 Å². The predicted molar refractivity (Wildman–Crippen MR) is 77.3 cm³/mol. The van der Waals surface area contributed by atoms with Gasteiger partial charge in [0, 0.05) is 11.7 Å². The highest BCUT2D eigenvalue weighted by molar-refractivity contribution is 7.14. The lowest BCUT2D eigenvalue weighted by molar-refractivity contribution is 0.888. The average molecular weight is 277 g/mol. The van der Waals surface area contributed by atoms with Gasteiger partial charge in [0.1, 0.15) is 0 Å². The summed E-state index contributed by atoms with van der Waals surface area (Å²) >= 11 is 7.46. The van der Waals surface area contributed by atoms with Gasteiger partial charge in [-0.3, -0.25) is 0 Å². The van der Waals surface area contributed by atoms with Crippen LogP contribution in [0.4, 0.5) is 5.69 Å². The highest BCUT2D eigenvalue weighted by Crippen LogP contribution is 2.28. The van der Waals surface area contributed by atoms with Crippen molar-refractivity contribution in [3.63, 3.8) is 0 Å². The van der Waals surface area contributed by atoms with Crippen LogP contribution in [-0.2, 0) is 0 Å². The van der Waals surface area contributed by atoms with E-state index >= 15 is 0 Å². The summed E-state index contributed by atoms with van der Waals surface area (Å²) < 4.78 is 0.793. The normalized spacial score (nSPS) is 11.9. The molecule has 0 aliphatic carbocycles. The molecule has 0 bridgehead atoms. The lowest BCUT2D eigenvalue weighted by Gasteiger charge is -2.16. The topological polar surface area (TPSA) is 35.8 Å². The van der Waals surface area contributed by atoms with Crippen molar-refractivity contribution in [3.05, 3.63) is 50.7 Å². The Bertz CT molecular complexity index is 598. The van der Waals surface area contributed by atoms with Gasteiger partial charge in [0.05, 0.1) is 16.0 Å². The largest absolute Gasteiger partial charge is 0.378 e. The first-order chi connectivity index (χ1) is 8.60. The van der Waals surface area contributed by atoms with Crippen LogP contribution in [-0.4, -0.2) is 0 Å². The summed E-state index contributed by atoms with van der Waals surface area (Å²) in [5, 5.41) is 14.4. The van der Waals surface area contributed by atoms with Crippen LogP contribution in [0, 0.1) is 18.3 Å². The third kappa shape index (κ3) is 2.84. The summed E-state index contributed by atoms with van der Waals surface area (Å²) in [4.78, 5) is 0. The van der Waals surface area contributed by atoms with E-state index in [0.717, 1.165) is 21.2 Å². The molecule has 2 nitrogen and oxygen atoms in total. The van der Waals surface area contributed by atoms with E-state index in [9.17, 15) is 0 Å². The predicted octanol–water partition coefficient (Wildman–Crippen LogP) is 4.75. The molecule has 0 fully saturated rings. The van der Waals surface area contributed by atoms with E-state index < -0.39 is 0 Å². The number of halogens is 1. The number of hydrogen-bond donors (Lipinski definition) is 1. The molecule has 1 aromatic heterocycles. The molecular weight excluding hydrogens is 264 g/mol. The molecule has 1 heterocycles. The second-order valence-corrected chi connectivity index (χ2v) is 5.73. The number of rotatable bonds is 3. The number of nitriles is 1. The van der Waals surface area contributed by atoms with E-state index in [2.05, 4.69) is 18.3 Å². The number of anilines is 1. The zero-order valence-corrected chi connectivity index (χ0v) is 11.8. The van der Waals surface area contributed by atoms with E-state index in [1.54, 1.807) is 0 Å². The molecule has 0 spiro atoms. The third-order valence-electron chi connectivity index (χ3n) is 2.83. The van der Waals surface area contributed by atoms with Crippen LogP contribution in [0.2, 0.25) is 4.34 Å². The Morgan fingerprint density at radius 2 is 2.17 bits per heavy atom. The molecule has 1 atom stereocenters. The Balaban J connectivity index is 2.21. The molecule has 1 N–H and O–H groups in total. The van der Waals surface area contributed by atoms with Gasteiger partial charge in [-0.2, -0.15) is 5.26 Å². The molecule has 0 aliphatic heterocycles. The summed E-state index contributed by atoms with van der Waals surface area (Å²) in [7, 11) is 0. The summed E-state index contributed by atoms with van der Waals surface area (Å²) in [6, 6.07) is 9.94. The highest BCUT2D eigenvalue weighted by Gasteiger charge is 2.09. The Kier molecular flexibility index (Phi) is 3.90. The molecule has 2 aromatic rings. The van der Waals surface area contributed by atoms with E-state index in [1.165, 1.54) is 11.3 Å². The van der Waals surface area contributed by atoms with Gasteiger partial charge in [0.15, 0.2) is 0 Å². The molecule has 0 amide bonds. The standard InChI is InChI=1S/C14H13ClN2S/c1-9-3-4-11(7-16)5-13(9)17-10(2)12-6-14(15)18-8-12/h3-6,8,10,17H,1-2H3. The fraction of sp³-hybridized carbons (Fsp3) is 0.214. The fourth-order valence-corrected chi connectivity index (χ4v) is 2.70. The van der Waals surface area contributed by atoms with Crippen molar-refractivity contribution >= 4 is 28.6 Å². The lowest BCUT2D eigenvalue weighted by Crippen LogP contribution is -2.06. The van der Waals surface area contributed by atoms with Gasteiger partial charge in [-0.1, -0.05) is 17.7 Å². The van der Waals surface area contributed by atoms with Gasteiger partial charge in [-0.05, 0) is 48.6 Å². The Morgan fingerprint density at radius 1 is 1.39 bits per heavy atom. The van der Waals surface area contributed by atoms with Crippen molar-refractivity contribution in [3.8, 4) is 6.07 Å². The molecule has 18 heavy (non-hydrogen) atoms. The van der Waals surface area contributed by atoms with Crippen molar-refractivity contribution in [1.29, 1.82) is 5.26 Å². The molecule has 1 unspecified atom stereocenters. The van der Waals surface area contributed by atoms with Crippen molar-refractivity contribution in [2.45, 2.75) is 19.9 Å². The zero-order valence-electron chi connectivity index (χ0n) is 10.2. The van der Waals surface area contributed by atoms with Crippen molar-refractivity contribution in [2.24, 2.45) is 0 Å². The van der Waals surface area contributed by atoms with Crippen LogP contribution in [0.25, 0.3) is 0 Å². The first kappa shape index (κ1) is 12.9. The van der Waals surface area contributed by atoms with Crippen LogP contribution in [0.5, 0.6) is 0 Å².